The van der Waals surface area contributed by atoms with Crippen molar-refractivity contribution >= 4 is 35.7 Å². The van der Waals surface area contributed by atoms with Crippen molar-refractivity contribution in [2.75, 3.05) is 11.4 Å². The van der Waals surface area contributed by atoms with E-state index < -0.39 is 36.2 Å². The summed E-state index contributed by atoms with van der Waals surface area (Å²) in [5.41, 5.74) is 10.7. The molecule has 2 aromatic carbocycles. The number of hydrazine groups is 1. The first-order chi connectivity index (χ1) is 14.9. The zero-order valence-electron chi connectivity index (χ0n) is 16.5. The molecule has 0 aliphatic heterocycles. The Bertz CT molecular complexity index is 920. The first-order valence-electron chi connectivity index (χ1n) is 9.27. The molecule has 1 atom stereocenters. The van der Waals surface area contributed by atoms with Gasteiger partial charge in [-0.3, -0.25) is 19.8 Å². The van der Waals surface area contributed by atoms with Crippen LogP contribution in [0.5, 0.6) is 0 Å². The van der Waals surface area contributed by atoms with E-state index in [4.69, 9.17) is 10.5 Å². The Kier molecular flexibility index (Phi) is 8.87. The van der Waals surface area contributed by atoms with Gasteiger partial charge in [-0.25, -0.2) is 10.2 Å². The van der Waals surface area contributed by atoms with Crippen LogP contribution in [-0.2, 0) is 35.3 Å². The van der Waals surface area contributed by atoms with E-state index in [1.165, 1.54) is 0 Å². The number of esters is 1. The fourth-order valence-corrected chi connectivity index (χ4v) is 2.59. The van der Waals surface area contributed by atoms with E-state index in [0.717, 1.165) is 4.90 Å². The summed E-state index contributed by atoms with van der Waals surface area (Å²) in [4.78, 5) is 60.3. The van der Waals surface area contributed by atoms with E-state index in [2.05, 4.69) is 5.43 Å². The van der Waals surface area contributed by atoms with Gasteiger partial charge >= 0.3 is 11.9 Å². The fraction of sp³-hybridized carbons (Fsp3) is 0.190. The average Bonchev–Trinajstić information content (AvgIpc) is 2.79. The number of nitrogens with one attached hydrogen (secondary N) is 2. The Morgan fingerprint density at radius 1 is 1.00 bits per heavy atom. The standard InChI is InChI=1S/C21H22N4O6/c22-18(27)13-17(20(29)25(11-12-26)16-9-5-2-6-10-16)23-24-19(28)21(30)31-14-15-7-3-1-4-8-15/h1-10,12,17,23H,11,13-14H2,(H2,22,27)(H,24,28)/t17-/m0/s1. The van der Waals surface area contributed by atoms with Crippen LogP contribution in [0.1, 0.15) is 12.0 Å². The van der Waals surface area contributed by atoms with Crippen LogP contribution >= 0.6 is 0 Å². The van der Waals surface area contributed by atoms with Crippen molar-refractivity contribution in [2.24, 2.45) is 5.73 Å². The molecule has 0 bridgehead atoms. The molecule has 0 heterocycles. The summed E-state index contributed by atoms with van der Waals surface area (Å²) in [6.07, 6.45) is 0.0339. The molecule has 0 aromatic heterocycles. The second-order valence-corrected chi connectivity index (χ2v) is 6.33. The van der Waals surface area contributed by atoms with Gasteiger partial charge in [0.15, 0.2) is 0 Å². The van der Waals surface area contributed by atoms with Gasteiger partial charge in [0.05, 0.1) is 13.0 Å². The molecule has 0 unspecified atom stereocenters. The molecular weight excluding hydrogens is 404 g/mol. The maximum atomic E-state index is 12.9. The third-order valence-electron chi connectivity index (χ3n) is 4.05. The van der Waals surface area contributed by atoms with Crippen LogP contribution in [0.2, 0.25) is 0 Å². The van der Waals surface area contributed by atoms with E-state index in [-0.39, 0.29) is 13.2 Å². The van der Waals surface area contributed by atoms with Crippen molar-refractivity contribution in [3.8, 4) is 0 Å². The van der Waals surface area contributed by atoms with Crippen molar-refractivity contribution in [1.29, 1.82) is 0 Å². The van der Waals surface area contributed by atoms with Crippen LogP contribution in [0.4, 0.5) is 5.69 Å². The Balaban J connectivity index is 2.01. The number of hydrogen-bond acceptors (Lipinski definition) is 7. The number of para-hydroxylation sites is 1. The van der Waals surface area contributed by atoms with E-state index in [1.54, 1.807) is 60.7 Å². The zero-order chi connectivity index (χ0) is 22.6. The molecule has 0 fully saturated rings. The Morgan fingerprint density at radius 2 is 1.61 bits per heavy atom. The molecule has 2 aromatic rings. The number of benzene rings is 2. The highest BCUT2D eigenvalue weighted by molar-refractivity contribution is 6.32. The lowest BCUT2D eigenvalue weighted by atomic mass is 10.1. The Morgan fingerprint density at radius 3 is 2.19 bits per heavy atom. The minimum absolute atomic E-state index is 0.113. The van der Waals surface area contributed by atoms with E-state index in [1.807, 2.05) is 5.43 Å². The van der Waals surface area contributed by atoms with Gasteiger partial charge in [0.2, 0.25) is 11.8 Å². The third kappa shape index (κ3) is 7.37. The number of primary amides is 1. The maximum absolute atomic E-state index is 12.9. The number of amides is 3. The fourth-order valence-electron chi connectivity index (χ4n) is 2.59. The molecule has 0 radical (unpaired) electrons. The average molecular weight is 426 g/mol. The van der Waals surface area contributed by atoms with E-state index >= 15 is 0 Å². The van der Waals surface area contributed by atoms with Gasteiger partial charge in [0.25, 0.3) is 0 Å². The van der Waals surface area contributed by atoms with Crippen LogP contribution < -0.4 is 21.5 Å². The van der Waals surface area contributed by atoms with E-state index in [0.29, 0.717) is 17.5 Å². The zero-order valence-corrected chi connectivity index (χ0v) is 16.5. The lowest BCUT2D eigenvalue weighted by Gasteiger charge is -2.26. The van der Waals surface area contributed by atoms with Gasteiger partial charge in [-0.1, -0.05) is 48.5 Å². The first-order valence-corrected chi connectivity index (χ1v) is 9.27. The Labute approximate surface area is 178 Å². The molecule has 0 aliphatic carbocycles. The SMILES string of the molecule is NC(=O)C[C@H](NNC(=O)C(=O)OCc1ccccc1)C(=O)N(CC=O)c1ccccc1. The molecule has 4 N–H and O–H groups in total. The summed E-state index contributed by atoms with van der Waals surface area (Å²) in [7, 11) is 0. The maximum Gasteiger partial charge on any atom is 0.398 e. The van der Waals surface area contributed by atoms with E-state index in [9.17, 15) is 24.0 Å². The van der Waals surface area contributed by atoms with Gasteiger partial charge in [-0.15, -0.1) is 0 Å². The number of carbonyl (C=O) groups is 5. The summed E-state index contributed by atoms with van der Waals surface area (Å²) >= 11 is 0. The highest BCUT2D eigenvalue weighted by atomic mass is 16.5. The first kappa shape index (κ1) is 23.2. The predicted octanol–water partition coefficient (Wildman–Crippen LogP) is -0.173. The summed E-state index contributed by atoms with van der Waals surface area (Å²) in [5, 5.41) is 0. The highest BCUT2D eigenvalue weighted by Crippen LogP contribution is 2.14. The van der Waals surface area contributed by atoms with Crippen LogP contribution in [0.15, 0.2) is 60.7 Å². The molecule has 10 nitrogen and oxygen atoms in total. The van der Waals surface area contributed by atoms with Crippen LogP contribution in [0.3, 0.4) is 0 Å². The number of hydrogen-bond donors (Lipinski definition) is 3. The number of carbonyl (C=O) groups excluding carboxylic acids is 5. The van der Waals surface area contributed by atoms with Gasteiger partial charge in [0, 0.05) is 5.69 Å². The number of nitrogens with two attached hydrogens (primary N) is 1. The van der Waals surface area contributed by atoms with Crippen molar-refractivity contribution in [3.63, 3.8) is 0 Å². The molecule has 162 valence electrons. The van der Waals surface area contributed by atoms with Crippen LogP contribution in [-0.4, -0.2) is 42.6 Å². The predicted molar refractivity (Wildman–Crippen MR) is 110 cm³/mol. The lowest BCUT2D eigenvalue weighted by molar-refractivity contribution is -0.156. The molecular formula is C21H22N4O6. The number of nitrogens with zero attached hydrogens (tertiary/aromatic N) is 1. The quantitative estimate of drug-likeness (QED) is 0.207. The molecule has 0 saturated heterocycles. The molecule has 0 saturated carbocycles. The molecule has 3 amide bonds. The van der Waals surface area contributed by atoms with Crippen molar-refractivity contribution in [3.05, 3.63) is 66.2 Å². The second kappa shape index (κ2) is 11.8. The Hall–Kier alpha value is -4.05. The highest BCUT2D eigenvalue weighted by Gasteiger charge is 2.28. The van der Waals surface area contributed by atoms with Gasteiger partial charge in [-0.05, 0) is 17.7 Å². The third-order valence-corrected chi connectivity index (χ3v) is 4.05. The summed E-state index contributed by atoms with van der Waals surface area (Å²) in [6, 6.07) is 15.7. The largest absolute Gasteiger partial charge is 0.454 e. The normalized spacial score (nSPS) is 11.1. The number of aldehydes is 1. The van der Waals surface area contributed by atoms with Crippen molar-refractivity contribution in [2.45, 2.75) is 19.1 Å². The van der Waals surface area contributed by atoms with Gasteiger partial charge < -0.3 is 20.2 Å². The minimum Gasteiger partial charge on any atom is -0.454 e. The molecule has 31 heavy (non-hydrogen) atoms. The smallest absolute Gasteiger partial charge is 0.398 e. The van der Waals surface area contributed by atoms with Crippen molar-refractivity contribution in [1.82, 2.24) is 10.9 Å². The number of ether oxygens (including phenoxy) is 1. The summed E-state index contributed by atoms with van der Waals surface area (Å²) in [6.45, 7) is -0.398. The molecule has 10 heteroatoms. The van der Waals surface area contributed by atoms with Crippen LogP contribution in [0.25, 0.3) is 0 Å². The minimum atomic E-state index is -1.32. The molecule has 0 aliphatic rings. The number of rotatable bonds is 10. The monoisotopic (exact) mass is 426 g/mol. The number of anilines is 1. The summed E-state index contributed by atoms with van der Waals surface area (Å²) in [5.74, 6) is -3.88. The lowest BCUT2D eigenvalue weighted by Crippen LogP contribution is -2.55. The van der Waals surface area contributed by atoms with Crippen molar-refractivity contribution < 1.29 is 28.7 Å². The summed E-state index contributed by atoms with van der Waals surface area (Å²) < 4.78 is 4.89. The van der Waals surface area contributed by atoms with Gasteiger partial charge in [-0.2, -0.15) is 0 Å². The molecule has 0 spiro atoms. The van der Waals surface area contributed by atoms with Gasteiger partial charge in [0.1, 0.15) is 18.9 Å². The second-order valence-electron chi connectivity index (χ2n) is 6.33. The molecule has 2 rings (SSSR count). The topological polar surface area (TPSA) is 148 Å². The van der Waals surface area contributed by atoms with Crippen LogP contribution in [0, 0.1) is 0 Å².